The van der Waals surface area contributed by atoms with Crippen LogP contribution in [0.15, 0.2) is 24.3 Å². The number of halogens is 2. The summed E-state index contributed by atoms with van der Waals surface area (Å²) in [6.45, 7) is 3.82. The van der Waals surface area contributed by atoms with Crippen molar-refractivity contribution >= 4 is 0 Å². The van der Waals surface area contributed by atoms with Crippen molar-refractivity contribution in [2.45, 2.75) is 39.0 Å². The maximum Gasteiger partial charge on any atom is 0.273 e. The fourth-order valence-electron chi connectivity index (χ4n) is 1.34. The lowest BCUT2D eigenvalue weighted by Gasteiger charge is -2.16. The van der Waals surface area contributed by atoms with Gasteiger partial charge in [0.25, 0.3) is 5.92 Å². The molecule has 1 rings (SSSR count). The van der Waals surface area contributed by atoms with Gasteiger partial charge in [0.15, 0.2) is 0 Å². The Morgan fingerprint density at radius 3 is 2.21 bits per heavy atom. The summed E-state index contributed by atoms with van der Waals surface area (Å²) in [4.78, 5) is 0. The smallest absolute Gasteiger partial charge is 0.201 e. The van der Waals surface area contributed by atoms with Crippen LogP contribution in [0.4, 0.5) is 8.78 Å². The van der Waals surface area contributed by atoms with Crippen LogP contribution in [0.2, 0.25) is 0 Å². The van der Waals surface area contributed by atoms with Crippen molar-refractivity contribution in [1.82, 2.24) is 0 Å². The first kappa shape index (κ1) is 11.2. The lowest BCUT2D eigenvalue weighted by Crippen LogP contribution is -2.12. The number of alkyl halides is 2. The van der Waals surface area contributed by atoms with E-state index in [0.717, 1.165) is 12.0 Å². The maximum absolute atomic E-state index is 13.5. The highest BCUT2D eigenvalue weighted by Gasteiger charge is 2.29. The monoisotopic (exact) mass is 198 g/mol. The SMILES string of the molecule is CCCCC(F)(F)c1ccc(C)cc1. The summed E-state index contributed by atoms with van der Waals surface area (Å²) in [6, 6.07) is 6.50. The Morgan fingerprint density at radius 1 is 1.14 bits per heavy atom. The Hall–Kier alpha value is -0.920. The highest BCUT2D eigenvalue weighted by atomic mass is 19.3. The van der Waals surface area contributed by atoms with Crippen LogP contribution in [-0.4, -0.2) is 0 Å². The molecule has 0 amide bonds. The molecule has 0 bridgehead atoms. The Morgan fingerprint density at radius 2 is 1.71 bits per heavy atom. The van der Waals surface area contributed by atoms with Gasteiger partial charge >= 0.3 is 0 Å². The zero-order valence-corrected chi connectivity index (χ0v) is 8.69. The molecule has 1 aromatic carbocycles. The maximum atomic E-state index is 13.5. The van der Waals surface area contributed by atoms with E-state index in [1.165, 1.54) is 12.1 Å². The molecule has 0 radical (unpaired) electrons. The first-order valence-electron chi connectivity index (χ1n) is 5.01. The average molecular weight is 198 g/mol. The minimum atomic E-state index is -2.66. The van der Waals surface area contributed by atoms with Gasteiger partial charge in [0.1, 0.15) is 0 Å². The number of hydrogen-bond acceptors (Lipinski definition) is 0. The molecule has 1 aromatic rings. The molecule has 0 aromatic heterocycles. The van der Waals surface area contributed by atoms with E-state index >= 15 is 0 Å². The molecule has 0 aliphatic heterocycles. The molecular formula is C12H16F2. The predicted molar refractivity (Wildman–Crippen MR) is 54.6 cm³/mol. The topological polar surface area (TPSA) is 0 Å². The van der Waals surface area contributed by atoms with Gasteiger partial charge in [-0.25, -0.2) is 8.78 Å². The molecule has 0 spiro atoms. The summed E-state index contributed by atoms with van der Waals surface area (Å²) in [6.07, 6.45) is 1.33. The number of benzene rings is 1. The lowest BCUT2D eigenvalue weighted by atomic mass is 10.0. The van der Waals surface area contributed by atoms with E-state index < -0.39 is 5.92 Å². The second kappa shape index (κ2) is 4.54. The molecule has 0 saturated carbocycles. The standard InChI is InChI=1S/C12H16F2/c1-3-4-9-12(13,14)11-7-5-10(2)6-8-11/h5-8H,3-4,9H2,1-2H3. The zero-order valence-electron chi connectivity index (χ0n) is 8.69. The fourth-order valence-corrected chi connectivity index (χ4v) is 1.34. The molecule has 0 aliphatic rings. The predicted octanol–water partition coefficient (Wildman–Crippen LogP) is 4.28. The van der Waals surface area contributed by atoms with Gasteiger partial charge < -0.3 is 0 Å². The number of aryl methyl sites for hydroxylation is 1. The number of unbranched alkanes of at least 4 members (excludes halogenated alkanes) is 1. The van der Waals surface area contributed by atoms with Crippen molar-refractivity contribution < 1.29 is 8.78 Å². The molecule has 0 fully saturated rings. The molecule has 0 unspecified atom stereocenters. The van der Waals surface area contributed by atoms with Crippen molar-refractivity contribution in [3.05, 3.63) is 35.4 Å². The molecule has 0 heterocycles. The summed E-state index contributed by atoms with van der Waals surface area (Å²) in [5, 5.41) is 0. The van der Waals surface area contributed by atoms with Crippen LogP contribution in [-0.2, 0) is 5.92 Å². The summed E-state index contributed by atoms with van der Waals surface area (Å²) in [5.74, 6) is -2.66. The van der Waals surface area contributed by atoms with E-state index in [1.807, 2.05) is 13.8 Å². The fraction of sp³-hybridized carbons (Fsp3) is 0.500. The minimum Gasteiger partial charge on any atom is -0.201 e. The molecule has 0 nitrogen and oxygen atoms in total. The Balaban J connectivity index is 2.75. The van der Waals surface area contributed by atoms with E-state index in [4.69, 9.17) is 0 Å². The molecule has 0 N–H and O–H groups in total. The quantitative estimate of drug-likeness (QED) is 0.677. The average Bonchev–Trinajstić information content (AvgIpc) is 2.16. The van der Waals surface area contributed by atoms with Crippen molar-refractivity contribution in [3.63, 3.8) is 0 Å². The first-order valence-corrected chi connectivity index (χ1v) is 5.01. The van der Waals surface area contributed by atoms with Crippen LogP contribution >= 0.6 is 0 Å². The van der Waals surface area contributed by atoms with Gasteiger partial charge in [0.05, 0.1) is 0 Å². The van der Waals surface area contributed by atoms with E-state index in [-0.39, 0.29) is 12.0 Å². The molecular weight excluding hydrogens is 182 g/mol. The summed E-state index contributed by atoms with van der Waals surface area (Å²) < 4.78 is 26.9. The molecule has 2 heteroatoms. The van der Waals surface area contributed by atoms with E-state index in [1.54, 1.807) is 12.1 Å². The zero-order chi connectivity index (χ0) is 10.6. The third kappa shape index (κ3) is 2.79. The largest absolute Gasteiger partial charge is 0.273 e. The minimum absolute atomic E-state index is 0.0490. The van der Waals surface area contributed by atoms with E-state index in [2.05, 4.69) is 0 Å². The van der Waals surface area contributed by atoms with Crippen molar-refractivity contribution in [1.29, 1.82) is 0 Å². The van der Waals surface area contributed by atoms with Crippen molar-refractivity contribution in [2.24, 2.45) is 0 Å². The summed E-state index contributed by atoms with van der Waals surface area (Å²) in [7, 11) is 0. The van der Waals surface area contributed by atoms with Gasteiger partial charge in [-0.1, -0.05) is 43.2 Å². The molecule has 14 heavy (non-hydrogen) atoms. The summed E-state index contributed by atoms with van der Waals surface area (Å²) >= 11 is 0. The van der Waals surface area contributed by atoms with Gasteiger partial charge in [-0.2, -0.15) is 0 Å². The van der Waals surface area contributed by atoms with Crippen LogP contribution in [0, 0.1) is 6.92 Å². The highest BCUT2D eigenvalue weighted by molar-refractivity contribution is 5.24. The Labute approximate surface area is 84.0 Å². The van der Waals surface area contributed by atoms with E-state index in [9.17, 15) is 8.78 Å². The third-order valence-corrected chi connectivity index (χ3v) is 2.32. The van der Waals surface area contributed by atoms with Crippen LogP contribution in [0.25, 0.3) is 0 Å². The van der Waals surface area contributed by atoms with E-state index in [0.29, 0.717) is 6.42 Å². The van der Waals surface area contributed by atoms with Crippen LogP contribution < -0.4 is 0 Å². The van der Waals surface area contributed by atoms with Crippen molar-refractivity contribution in [3.8, 4) is 0 Å². The lowest BCUT2D eigenvalue weighted by molar-refractivity contribution is -0.0154. The van der Waals surface area contributed by atoms with Gasteiger partial charge in [-0.3, -0.25) is 0 Å². The molecule has 0 saturated heterocycles. The van der Waals surface area contributed by atoms with Crippen LogP contribution in [0.1, 0.15) is 37.3 Å². The van der Waals surface area contributed by atoms with Gasteiger partial charge in [-0.05, 0) is 13.3 Å². The Bertz CT molecular complexity index is 275. The van der Waals surface area contributed by atoms with Gasteiger partial charge in [-0.15, -0.1) is 0 Å². The van der Waals surface area contributed by atoms with Gasteiger partial charge in [0.2, 0.25) is 0 Å². The molecule has 0 atom stereocenters. The second-order valence-electron chi connectivity index (χ2n) is 3.67. The highest BCUT2D eigenvalue weighted by Crippen LogP contribution is 2.33. The number of rotatable bonds is 4. The molecule has 78 valence electrons. The summed E-state index contributed by atoms with van der Waals surface area (Å²) in [5.41, 5.74) is 1.15. The van der Waals surface area contributed by atoms with Crippen molar-refractivity contribution in [2.75, 3.05) is 0 Å². The normalized spacial score (nSPS) is 11.7. The first-order chi connectivity index (χ1) is 6.56. The van der Waals surface area contributed by atoms with Gasteiger partial charge in [0, 0.05) is 12.0 Å². The van der Waals surface area contributed by atoms with Crippen LogP contribution in [0.3, 0.4) is 0 Å². The third-order valence-electron chi connectivity index (χ3n) is 2.32. The second-order valence-corrected chi connectivity index (χ2v) is 3.67. The number of hydrogen-bond donors (Lipinski definition) is 0. The van der Waals surface area contributed by atoms with Crippen LogP contribution in [0.5, 0.6) is 0 Å². The molecule has 0 aliphatic carbocycles. The Kier molecular flexibility index (Phi) is 3.62.